The van der Waals surface area contributed by atoms with Crippen molar-refractivity contribution in [2.45, 2.75) is 65.0 Å². The molecule has 0 aliphatic heterocycles. The summed E-state index contributed by atoms with van der Waals surface area (Å²) in [5.74, 6) is -0.141. The standard InChI is InChI=1S/C31H37ClN2O2/c1-3-5-21-33-31(36)29(22-26-9-7-6-8-10-26)34(23-27-15-18-28(32)19-16-27)30(35)20-17-25-13-11-24(4-2)12-14-25/h6-16,18-19,29H,3-5,17,20-23H2,1-2H3,(H,33,36). The van der Waals surface area contributed by atoms with Gasteiger partial charge in [-0.3, -0.25) is 9.59 Å². The smallest absolute Gasteiger partial charge is 0.243 e. The number of benzene rings is 3. The second-order valence-electron chi connectivity index (χ2n) is 9.17. The highest BCUT2D eigenvalue weighted by atomic mass is 35.5. The van der Waals surface area contributed by atoms with Crippen molar-refractivity contribution in [3.63, 3.8) is 0 Å². The van der Waals surface area contributed by atoms with Crippen LogP contribution in [0.4, 0.5) is 0 Å². The summed E-state index contributed by atoms with van der Waals surface area (Å²) >= 11 is 6.10. The normalized spacial score (nSPS) is 11.6. The van der Waals surface area contributed by atoms with Crippen LogP contribution in [0.25, 0.3) is 0 Å². The fraction of sp³-hybridized carbons (Fsp3) is 0.355. The van der Waals surface area contributed by atoms with E-state index in [-0.39, 0.29) is 11.8 Å². The number of carbonyl (C=O) groups excluding carboxylic acids is 2. The Morgan fingerprint density at radius 1 is 0.833 bits per heavy atom. The van der Waals surface area contributed by atoms with Crippen LogP contribution in [0.3, 0.4) is 0 Å². The van der Waals surface area contributed by atoms with Gasteiger partial charge in [0.25, 0.3) is 0 Å². The summed E-state index contributed by atoms with van der Waals surface area (Å²) in [6.07, 6.45) is 4.32. The first-order valence-electron chi connectivity index (χ1n) is 12.9. The SMILES string of the molecule is CCCCNC(=O)C(Cc1ccccc1)N(Cc1ccc(Cl)cc1)C(=O)CCc1ccc(CC)cc1. The number of hydrogen-bond donors (Lipinski definition) is 1. The topological polar surface area (TPSA) is 49.4 Å². The molecular formula is C31H37ClN2O2. The van der Waals surface area contributed by atoms with E-state index in [1.165, 1.54) is 5.56 Å². The Labute approximate surface area is 220 Å². The van der Waals surface area contributed by atoms with Gasteiger partial charge in [0.05, 0.1) is 0 Å². The second-order valence-corrected chi connectivity index (χ2v) is 9.60. The third-order valence-corrected chi connectivity index (χ3v) is 6.68. The number of carbonyl (C=O) groups is 2. The Morgan fingerprint density at radius 2 is 1.47 bits per heavy atom. The first kappa shape index (κ1) is 27.5. The van der Waals surface area contributed by atoms with E-state index in [1.54, 1.807) is 4.90 Å². The highest BCUT2D eigenvalue weighted by Gasteiger charge is 2.30. The predicted molar refractivity (Wildman–Crippen MR) is 148 cm³/mol. The zero-order valence-electron chi connectivity index (χ0n) is 21.4. The van der Waals surface area contributed by atoms with E-state index in [0.29, 0.717) is 37.4 Å². The first-order valence-corrected chi connectivity index (χ1v) is 13.3. The van der Waals surface area contributed by atoms with Crippen molar-refractivity contribution >= 4 is 23.4 Å². The van der Waals surface area contributed by atoms with Gasteiger partial charge in [-0.2, -0.15) is 0 Å². The van der Waals surface area contributed by atoms with E-state index in [2.05, 4.69) is 43.4 Å². The zero-order chi connectivity index (χ0) is 25.8. The summed E-state index contributed by atoms with van der Waals surface area (Å²) in [6.45, 7) is 5.18. The van der Waals surface area contributed by atoms with Crippen molar-refractivity contribution in [2.75, 3.05) is 6.54 Å². The monoisotopic (exact) mass is 504 g/mol. The highest BCUT2D eigenvalue weighted by molar-refractivity contribution is 6.30. The minimum absolute atomic E-state index is 0.0314. The molecule has 0 aliphatic rings. The number of rotatable bonds is 13. The van der Waals surface area contributed by atoms with Crippen molar-refractivity contribution in [3.05, 3.63) is 106 Å². The van der Waals surface area contributed by atoms with E-state index in [0.717, 1.165) is 36.0 Å². The van der Waals surface area contributed by atoms with Gasteiger partial charge in [0, 0.05) is 31.0 Å². The predicted octanol–water partition coefficient (Wildman–Crippen LogP) is 6.39. The molecule has 2 amide bonds. The summed E-state index contributed by atoms with van der Waals surface area (Å²) in [5, 5.41) is 3.71. The molecule has 190 valence electrons. The summed E-state index contributed by atoms with van der Waals surface area (Å²) in [6, 6.07) is 25.2. The molecule has 0 fully saturated rings. The van der Waals surface area contributed by atoms with E-state index >= 15 is 0 Å². The number of nitrogens with zero attached hydrogens (tertiary/aromatic N) is 1. The minimum Gasteiger partial charge on any atom is -0.354 e. The Bertz CT molecular complexity index is 1080. The molecule has 0 radical (unpaired) electrons. The molecule has 1 N–H and O–H groups in total. The van der Waals surface area contributed by atoms with Gasteiger partial charge in [0.2, 0.25) is 11.8 Å². The average Bonchev–Trinajstić information content (AvgIpc) is 2.91. The Morgan fingerprint density at radius 3 is 2.11 bits per heavy atom. The van der Waals surface area contributed by atoms with E-state index in [9.17, 15) is 9.59 Å². The van der Waals surface area contributed by atoms with Gasteiger partial charge in [-0.15, -0.1) is 0 Å². The Kier molecular flexibility index (Phi) is 11.0. The fourth-order valence-corrected chi connectivity index (χ4v) is 4.31. The Hall–Kier alpha value is -3.11. The molecule has 3 aromatic rings. The van der Waals surface area contributed by atoms with E-state index in [1.807, 2.05) is 54.6 Å². The molecule has 3 rings (SSSR count). The van der Waals surface area contributed by atoms with Crippen LogP contribution in [0, 0.1) is 0 Å². The lowest BCUT2D eigenvalue weighted by atomic mass is 10.0. The summed E-state index contributed by atoms with van der Waals surface area (Å²) < 4.78 is 0. The van der Waals surface area contributed by atoms with Gasteiger partial charge in [-0.25, -0.2) is 0 Å². The van der Waals surface area contributed by atoms with Crippen molar-refractivity contribution in [3.8, 4) is 0 Å². The Balaban J connectivity index is 1.85. The average molecular weight is 505 g/mol. The molecule has 0 aromatic heterocycles. The molecule has 0 aliphatic carbocycles. The number of aryl methyl sites for hydroxylation is 2. The highest BCUT2D eigenvalue weighted by Crippen LogP contribution is 2.19. The largest absolute Gasteiger partial charge is 0.354 e. The van der Waals surface area contributed by atoms with Crippen LogP contribution >= 0.6 is 11.6 Å². The van der Waals surface area contributed by atoms with Gasteiger partial charge < -0.3 is 10.2 Å². The van der Waals surface area contributed by atoms with Crippen molar-refractivity contribution in [2.24, 2.45) is 0 Å². The third-order valence-electron chi connectivity index (χ3n) is 6.43. The molecule has 0 heterocycles. The number of unbranched alkanes of at least 4 members (excludes halogenated alkanes) is 1. The van der Waals surface area contributed by atoms with Gasteiger partial charge in [0.1, 0.15) is 6.04 Å². The van der Waals surface area contributed by atoms with Crippen LogP contribution in [-0.2, 0) is 35.4 Å². The number of amides is 2. The van der Waals surface area contributed by atoms with E-state index < -0.39 is 6.04 Å². The lowest BCUT2D eigenvalue weighted by Crippen LogP contribution is -2.50. The maximum atomic E-state index is 13.7. The number of hydrogen-bond acceptors (Lipinski definition) is 2. The molecule has 36 heavy (non-hydrogen) atoms. The first-order chi connectivity index (χ1) is 17.5. The molecule has 0 saturated heterocycles. The maximum absolute atomic E-state index is 13.7. The molecular weight excluding hydrogens is 468 g/mol. The van der Waals surface area contributed by atoms with Crippen LogP contribution in [0.5, 0.6) is 0 Å². The second kappa shape index (κ2) is 14.4. The van der Waals surface area contributed by atoms with Crippen LogP contribution in [0.1, 0.15) is 55.4 Å². The van der Waals surface area contributed by atoms with Gasteiger partial charge in [0.15, 0.2) is 0 Å². The molecule has 4 nitrogen and oxygen atoms in total. The molecule has 0 saturated carbocycles. The van der Waals surface area contributed by atoms with Gasteiger partial charge >= 0.3 is 0 Å². The zero-order valence-corrected chi connectivity index (χ0v) is 22.1. The van der Waals surface area contributed by atoms with Crippen molar-refractivity contribution in [1.82, 2.24) is 10.2 Å². The molecule has 1 atom stereocenters. The number of nitrogens with one attached hydrogen (secondary N) is 1. The fourth-order valence-electron chi connectivity index (χ4n) is 4.18. The molecule has 1 unspecified atom stereocenters. The van der Waals surface area contributed by atoms with Gasteiger partial charge in [-0.1, -0.05) is 98.6 Å². The molecule has 0 spiro atoms. The van der Waals surface area contributed by atoms with Gasteiger partial charge in [-0.05, 0) is 53.6 Å². The van der Waals surface area contributed by atoms with Crippen molar-refractivity contribution < 1.29 is 9.59 Å². The molecule has 5 heteroatoms. The summed E-state index contributed by atoms with van der Waals surface area (Å²) in [5.41, 5.74) is 4.37. The van der Waals surface area contributed by atoms with Crippen LogP contribution in [0.15, 0.2) is 78.9 Å². The maximum Gasteiger partial charge on any atom is 0.243 e. The van der Waals surface area contributed by atoms with Crippen LogP contribution in [-0.4, -0.2) is 29.3 Å². The quantitative estimate of drug-likeness (QED) is 0.274. The molecule has 0 bridgehead atoms. The number of halogens is 1. The third kappa shape index (κ3) is 8.53. The van der Waals surface area contributed by atoms with E-state index in [4.69, 9.17) is 11.6 Å². The van der Waals surface area contributed by atoms with Crippen LogP contribution < -0.4 is 5.32 Å². The molecule has 3 aromatic carbocycles. The summed E-state index contributed by atoms with van der Waals surface area (Å²) in [7, 11) is 0. The lowest BCUT2D eigenvalue weighted by molar-refractivity contribution is -0.141. The summed E-state index contributed by atoms with van der Waals surface area (Å²) in [4.78, 5) is 28.9. The van der Waals surface area contributed by atoms with Crippen LogP contribution in [0.2, 0.25) is 5.02 Å². The minimum atomic E-state index is -0.602. The lowest BCUT2D eigenvalue weighted by Gasteiger charge is -2.31. The van der Waals surface area contributed by atoms with Crippen molar-refractivity contribution in [1.29, 1.82) is 0 Å².